The predicted octanol–water partition coefficient (Wildman–Crippen LogP) is 5.01. The van der Waals surface area contributed by atoms with Crippen molar-refractivity contribution in [3.8, 4) is 0 Å². The summed E-state index contributed by atoms with van der Waals surface area (Å²) in [5.74, 6) is 0. The molecule has 0 atom stereocenters. The van der Waals surface area contributed by atoms with Crippen LogP contribution in [-0.2, 0) is 6.42 Å². The lowest BCUT2D eigenvalue weighted by Gasteiger charge is -2.12. The number of rotatable bonds is 6. The topological polar surface area (TPSA) is 52.0 Å². The highest BCUT2D eigenvalue weighted by atomic mass is 14.6. The summed E-state index contributed by atoms with van der Waals surface area (Å²) in [4.78, 5) is 0. The normalized spacial score (nSPS) is 10.1. The van der Waals surface area contributed by atoms with E-state index in [2.05, 4.69) is 26.3 Å². The van der Waals surface area contributed by atoms with Crippen LogP contribution in [0.2, 0.25) is 0 Å². The Morgan fingerprint density at radius 2 is 0.870 bits per heavy atom. The van der Waals surface area contributed by atoms with E-state index in [4.69, 9.17) is 11.5 Å². The van der Waals surface area contributed by atoms with E-state index in [1.54, 1.807) is 24.3 Å². The van der Waals surface area contributed by atoms with Crippen molar-refractivity contribution in [2.45, 2.75) is 6.42 Å². The maximum atomic E-state index is 6.09. The van der Waals surface area contributed by atoms with E-state index < -0.39 is 0 Å². The summed E-state index contributed by atoms with van der Waals surface area (Å²) in [6.45, 7) is 15.3. The Bertz CT molecular complexity index is 672. The first-order chi connectivity index (χ1) is 11.0. The Kier molecular flexibility index (Phi) is 4.87. The van der Waals surface area contributed by atoms with Crippen LogP contribution in [0.1, 0.15) is 33.4 Å². The fourth-order valence-electron chi connectivity index (χ4n) is 2.64. The molecule has 2 aromatic rings. The van der Waals surface area contributed by atoms with Gasteiger partial charge in [-0.1, -0.05) is 50.6 Å². The molecule has 0 aliphatic heterocycles. The SMILES string of the molecule is C=Cc1cc(Cc2cc(C=C)c(N)c(C=C)c2)cc(C=C)c1N. The van der Waals surface area contributed by atoms with E-state index in [0.29, 0.717) is 11.4 Å². The number of benzene rings is 2. The molecule has 116 valence electrons. The van der Waals surface area contributed by atoms with Crippen molar-refractivity contribution in [1.82, 2.24) is 0 Å². The summed E-state index contributed by atoms with van der Waals surface area (Å²) in [6.07, 6.45) is 7.81. The second-order valence-corrected chi connectivity index (χ2v) is 5.37. The molecule has 0 fully saturated rings. The van der Waals surface area contributed by atoms with Crippen molar-refractivity contribution in [1.29, 1.82) is 0 Å². The average Bonchev–Trinajstić information content (AvgIpc) is 2.57. The van der Waals surface area contributed by atoms with Crippen molar-refractivity contribution in [2.24, 2.45) is 0 Å². The van der Waals surface area contributed by atoms with Crippen LogP contribution >= 0.6 is 0 Å². The highest BCUT2D eigenvalue weighted by molar-refractivity contribution is 5.76. The smallest absolute Gasteiger partial charge is 0.0461 e. The zero-order valence-corrected chi connectivity index (χ0v) is 13.3. The molecule has 0 radical (unpaired) electrons. The van der Waals surface area contributed by atoms with Gasteiger partial charge in [0.2, 0.25) is 0 Å². The quantitative estimate of drug-likeness (QED) is 0.737. The number of hydrogen-bond acceptors (Lipinski definition) is 2. The third-order valence-corrected chi connectivity index (χ3v) is 3.90. The van der Waals surface area contributed by atoms with Gasteiger partial charge >= 0.3 is 0 Å². The Balaban J connectivity index is 2.51. The molecule has 0 aliphatic carbocycles. The first-order valence-corrected chi connectivity index (χ1v) is 7.38. The fourth-order valence-corrected chi connectivity index (χ4v) is 2.64. The summed E-state index contributed by atoms with van der Waals surface area (Å²) in [7, 11) is 0. The lowest BCUT2D eigenvalue weighted by atomic mass is 9.95. The van der Waals surface area contributed by atoms with Crippen LogP contribution in [-0.4, -0.2) is 0 Å². The molecule has 0 amide bonds. The monoisotopic (exact) mass is 302 g/mol. The summed E-state index contributed by atoms with van der Waals surface area (Å²) in [5.41, 5.74) is 19.5. The van der Waals surface area contributed by atoms with Gasteiger partial charge in [0.1, 0.15) is 0 Å². The molecule has 0 aliphatic rings. The van der Waals surface area contributed by atoms with Gasteiger partial charge in [0, 0.05) is 11.4 Å². The van der Waals surface area contributed by atoms with E-state index in [0.717, 1.165) is 39.8 Å². The molecule has 0 spiro atoms. The molecule has 0 aromatic heterocycles. The van der Waals surface area contributed by atoms with Crippen LogP contribution < -0.4 is 11.5 Å². The third-order valence-electron chi connectivity index (χ3n) is 3.90. The van der Waals surface area contributed by atoms with E-state index in [9.17, 15) is 0 Å². The highest BCUT2D eigenvalue weighted by Crippen LogP contribution is 2.27. The summed E-state index contributed by atoms with van der Waals surface area (Å²) in [5, 5.41) is 0. The number of hydrogen-bond donors (Lipinski definition) is 2. The second-order valence-electron chi connectivity index (χ2n) is 5.37. The fraction of sp³-hybridized carbons (Fsp3) is 0.0476. The van der Waals surface area contributed by atoms with E-state index in [-0.39, 0.29) is 0 Å². The van der Waals surface area contributed by atoms with Crippen LogP contribution in [0.3, 0.4) is 0 Å². The summed E-state index contributed by atoms with van der Waals surface area (Å²) < 4.78 is 0. The van der Waals surface area contributed by atoms with Gasteiger partial charge < -0.3 is 11.5 Å². The molecule has 2 heteroatoms. The summed E-state index contributed by atoms with van der Waals surface area (Å²) >= 11 is 0. The van der Waals surface area contributed by atoms with E-state index >= 15 is 0 Å². The highest BCUT2D eigenvalue weighted by Gasteiger charge is 2.08. The van der Waals surface area contributed by atoms with Crippen molar-refractivity contribution >= 4 is 35.7 Å². The molecule has 0 saturated carbocycles. The van der Waals surface area contributed by atoms with Crippen molar-refractivity contribution < 1.29 is 0 Å². The molecule has 0 bridgehead atoms. The first kappa shape index (κ1) is 16.4. The Hall–Kier alpha value is -3.00. The minimum absolute atomic E-state index is 0.703. The van der Waals surface area contributed by atoms with Gasteiger partial charge in [0.05, 0.1) is 0 Å². The molecule has 0 heterocycles. The Labute approximate surface area is 138 Å². The molecule has 23 heavy (non-hydrogen) atoms. The van der Waals surface area contributed by atoms with E-state index in [1.165, 1.54) is 0 Å². The first-order valence-electron chi connectivity index (χ1n) is 7.38. The van der Waals surface area contributed by atoms with Crippen LogP contribution in [0.15, 0.2) is 50.6 Å². The van der Waals surface area contributed by atoms with Crippen molar-refractivity contribution in [2.75, 3.05) is 11.5 Å². The molecule has 2 aromatic carbocycles. The van der Waals surface area contributed by atoms with Gasteiger partial charge in [-0.25, -0.2) is 0 Å². The van der Waals surface area contributed by atoms with E-state index in [1.807, 2.05) is 24.3 Å². The maximum Gasteiger partial charge on any atom is 0.0461 e. The van der Waals surface area contributed by atoms with Gasteiger partial charge in [-0.3, -0.25) is 0 Å². The van der Waals surface area contributed by atoms with Gasteiger partial charge in [-0.15, -0.1) is 0 Å². The Morgan fingerprint density at radius 3 is 1.09 bits per heavy atom. The lowest BCUT2D eigenvalue weighted by Crippen LogP contribution is -1.99. The molecular weight excluding hydrogens is 280 g/mol. The molecule has 4 N–H and O–H groups in total. The van der Waals surface area contributed by atoms with Crippen LogP contribution in [0.25, 0.3) is 24.3 Å². The number of nitrogens with two attached hydrogens (primary N) is 2. The molecular formula is C21H22N2. The molecule has 0 unspecified atom stereocenters. The number of nitrogen functional groups attached to an aromatic ring is 2. The molecule has 0 saturated heterocycles. The van der Waals surface area contributed by atoms with Crippen molar-refractivity contribution in [3.63, 3.8) is 0 Å². The van der Waals surface area contributed by atoms with Gasteiger partial charge in [0.15, 0.2) is 0 Å². The van der Waals surface area contributed by atoms with Crippen LogP contribution in [0.4, 0.5) is 11.4 Å². The maximum absolute atomic E-state index is 6.09. The standard InChI is InChI=1S/C21H22N2/c1-5-16-10-14(11-17(6-2)20(16)22)9-15-12-18(7-3)21(23)19(8-4)13-15/h5-8,10-13H,1-4,9,22-23H2. The Morgan fingerprint density at radius 1 is 0.609 bits per heavy atom. The zero-order valence-electron chi connectivity index (χ0n) is 13.3. The predicted molar refractivity (Wildman–Crippen MR) is 105 cm³/mol. The lowest BCUT2D eigenvalue weighted by molar-refractivity contribution is 1.19. The summed E-state index contributed by atoms with van der Waals surface area (Å²) in [6, 6.07) is 8.19. The van der Waals surface area contributed by atoms with Crippen LogP contribution in [0.5, 0.6) is 0 Å². The largest absolute Gasteiger partial charge is 0.398 e. The van der Waals surface area contributed by atoms with Crippen molar-refractivity contribution in [3.05, 3.63) is 84.0 Å². The second kappa shape index (κ2) is 6.84. The zero-order chi connectivity index (χ0) is 17.0. The minimum atomic E-state index is 0.703. The number of anilines is 2. The van der Waals surface area contributed by atoms with Gasteiger partial charge in [0.25, 0.3) is 0 Å². The average molecular weight is 302 g/mol. The van der Waals surface area contributed by atoms with Gasteiger partial charge in [-0.05, 0) is 64.1 Å². The van der Waals surface area contributed by atoms with Gasteiger partial charge in [-0.2, -0.15) is 0 Å². The molecule has 2 nitrogen and oxygen atoms in total. The third kappa shape index (κ3) is 3.27. The molecule has 2 rings (SSSR count). The van der Waals surface area contributed by atoms with Crippen LogP contribution in [0, 0.1) is 0 Å². The minimum Gasteiger partial charge on any atom is -0.398 e.